The van der Waals surface area contributed by atoms with Crippen molar-refractivity contribution in [2.24, 2.45) is 5.92 Å². The zero-order chi connectivity index (χ0) is 16.7. The second-order valence-corrected chi connectivity index (χ2v) is 6.86. The number of rotatable bonds is 3. The average molecular weight is 325 g/mol. The Morgan fingerprint density at radius 1 is 1.21 bits per heavy atom. The molecule has 24 heavy (non-hydrogen) atoms. The van der Waals surface area contributed by atoms with Gasteiger partial charge in [0, 0.05) is 23.3 Å². The van der Waals surface area contributed by atoms with Crippen LogP contribution >= 0.6 is 0 Å². The molecule has 126 valence electrons. The van der Waals surface area contributed by atoms with Gasteiger partial charge >= 0.3 is 0 Å². The zero-order valence-corrected chi connectivity index (χ0v) is 13.9. The molecule has 3 aliphatic rings. The minimum Gasteiger partial charge on any atom is -0.451 e. The second-order valence-electron chi connectivity index (χ2n) is 6.86. The first-order valence-electron chi connectivity index (χ1n) is 8.63. The van der Waals surface area contributed by atoms with Crippen LogP contribution in [0.2, 0.25) is 0 Å². The van der Waals surface area contributed by atoms with Crippen LogP contribution in [0.4, 0.5) is 5.69 Å². The van der Waals surface area contributed by atoms with E-state index in [2.05, 4.69) is 17.1 Å². The summed E-state index contributed by atoms with van der Waals surface area (Å²) in [7, 11) is 0. The number of piperidine rings is 3. The summed E-state index contributed by atoms with van der Waals surface area (Å²) < 4.78 is 5.76. The molecule has 5 heteroatoms. The number of nitrogens with zero attached hydrogens (tertiary/aromatic N) is 1. The van der Waals surface area contributed by atoms with Crippen molar-refractivity contribution in [2.45, 2.75) is 31.8 Å². The molecule has 5 nitrogen and oxygen atoms in total. The van der Waals surface area contributed by atoms with Gasteiger partial charge in [0.15, 0.2) is 5.76 Å². The number of carbonyl (C=O) groups excluding carboxylic acids is 1. The number of hydrogen-bond acceptors (Lipinski definition) is 4. The van der Waals surface area contributed by atoms with E-state index < -0.39 is 0 Å². The van der Waals surface area contributed by atoms with Crippen LogP contribution in [0.5, 0.6) is 0 Å². The van der Waals surface area contributed by atoms with Crippen LogP contribution in [-0.2, 0) is 0 Å². The van der Waals surface area contributed by atoms with Gasteiger partial charge in [-0.1, -0.05) is 12.1 Å². The minimum absolute atomic E-state index is 0.138. The van der Waals surface area contributed by atoms with Crippen molar-refractivity contribution in [2.75, 3.05) is 18.8 Å². The molecule has 1 amide bonds. The van der Waals surface area contributed by atoms with Crippen LogP contribution < -0.4 is 11.1 Å². The molecule has 2 aromatic rings. The summed E-state index contributed by atoms with van der Waals surface area (Å²) in [6.07, 6.45) is 2.33. The van der Waals surface area contributed by atoms with E-state index in [1.54, 1.807) is 12.1 Å². The molecule has 1 aromatic carbocycles. The molecule has 3 aliphatic heterocycles. The molecule has 2 unspecified atom stereocenters. The highest BCUT2D eigenvalue weighted by atomic mass is 16.3. The number of amides is 1. The van der Waals surface area contributed by atoms with Gasteiger partial charge in [-0.3, -0.25) is 9.69 Å². The Labute approximate surface area is 141 Å². The highest BCUT2D eigenvalue weighted by molar-refractivity contribution is 5.92. The molecule has 3 saturated heterocycles. The number of carbonyl (C=O) groups is 1. The van der Waals surface area contributed by atoms with E-state index >= 15 is 0 Å². The number of furan rings is 1. The van der Waals surface area contributed by atoms with Crippen LogP contribution in [0.15, 0.2) is 40.8 Å². The number of nitrogens with two attached hydrogens (primary N) is 1. The fourth-order valence-corrected chi connectivity index (χ4v) is 4.09. The van der Waals surface area contributed by atoms with Crippen molar-refractivity contribution < 1.29 is 9.21 Å². The second kappa shape index (κ2) is 5.98. The quantitative estimate of drug-likeness (QED) is 0.851. The van der Waals surface area contributed by atoms with E-state index in [1.165, 1.54) is 12.8 Å². The fourth-order valence-electron chi connectivity index (χ4n) is 4.09. The molecule has 3 fully saturated rings. The molecule has 1 aromatic heterocycles. The number of fused-ring (bicyclic) bond motifs is 3. The third kappa shape index (κ3) is 2.59. The fraction of sp³-hybridized carbons (Fsp3) is 0.421. The Kier molecular flexibility index (Phi) is 3.81. The maximum atomic E-state index is 12.6. The van der Waals surface area contributed by atoms with E-state index in [4.69, 9.17) is 10.2 Å². The predicted molar refractivity (Wildman–Crippen MR) is 93.6 cm³/mol. The Morgan fingerprint density at radius 2 is 1.96 bits per heavy atom. The molecule has 4 heterocycles. The normalized spacial score (nSPS) is 28.7. The summed E-state index contributed by atoms with van der Waals surface area (Å²) in [5.41, 5.74) is 7.44. The van der Waals surface area contributed by atoms with Crippen LogP contribution in [0.3, 0.4) is 0 Å². The Hall–Kier alpha value is -2.27. The first-order chi connectivity index (χ1) is 11.6. The van der Waals surface area contributed by atoms with Gasteiger partial charge in [0.2, 0.25) is 0 Å². The molecular weight excluding hydrogens is 302 g/mol. The predicted octanol–water partition coefficient (Wildman–Crippen LogP) is 2.74. The largest absolute Gasteiger partial charge is 0.451 e. The summed E-state index contributed by atoms with van der Waals surface area (Å²) in [4.78, 5) is 15.1. The van der Waals surface area contributed by atoms with E-state index in [0.717, 1.165) is 18.7 Å². The number of anilines is 1. The zero-order valence-electron chi connectivity index (χ0n) is 13.9. The van der Waals surface area contributed by atoms with Crippen LogP contribution in [0.25, 0.3) is 11.3 Å². The molecular formula is C19H23N3O2. The van der Waals surface area contributed by atoms with Gasteiger partial charge in [0.25, 0.3) is 5.91 Å². The number of nitrogens with one attached hydrogen (secondary N) is 1. The van der Waals surface area contributed by atoms with Gasteiger partial charge in [0.05, 0.1) is 0 Å². The van der Waals surface area contributed by atoms with Gasteiger partial charge in [-0.05, 0) is 63.0 Å². The molecule has 2 atom stereocenters. The maximum absolute atomic E-state index is 12.6. The Bertz CT molecular complexity index is 745. The number of nitrogen functional groups attached to an aromatic ring is 1. The molecule has 3 N–H and O–H groups in total. The Balaban J connectivity index is 1.51. The lowest BCUT2D eigenvalue weighted by molar-refractivity contribution is 0.0211. The van der Waals surface area contributed by atoms with Crippen molar-refractivity contribution in [3.8, 4) is 11.3 Å². The van der Waals surface area contributed by atoms with Crippen molar-refractivity contribution in [1.29, 1.82) is 0 Å². The standard InChI is InChI=1S/C19H23N3O2/c1-12-18(13-8-10-22(12)11-9-13)21-19(23)17-7-6-16(24-17)14-4-2-3-5-15(14)20/h2-7,12-13,18H,8-11,20H2,1H3,(H,21,23). The molecule has 0 spiro atoms. The lowest BCUT2D eigenvalue weighted by atomic mass is 9.79. The highest BCUT2D eigenvalue weighted by Gasteiger charge is 2.40. The summed E-state index contributed by atoms with van der Waals surface area (Å²) >= 11 is 0. The summed E-state index contributed by atoms with van der Waals surface area (Å²) in [6.45, 7) is 4.50. The first kappa shape index (κ1) is 15.3. The van der Waals surface area contributed by atoms with E-state index in [0.29, 0.717) is 29.2 Å². The third-order valence-corrected chi connectivity index (χ3v) is 5.53. The van der Waals surface area contributed by atoms with Gasteiger partial charge in [-0.15, -0.1) is 0 Å². The van der Waals surface area contributed by atoms with Crippen molar-refractivity contribution in [1.82, 2.24) is 10.2 Å². The average Bonchev–Trinajstić information content (AvgIpc) is 3.09. The van der Waals surface area contributed by atoms with E-state index in [9.17, 15) is 4.79 Å². The number of benzene rings is 1. The molecule has 0 saturated carbocycles. The smallest absolute Gasteiger partial charge is 0.287 e. The monoisotopic (exact) mass is 325 g/mol. The number of hydrogen-bond donors (Lipinski definition) is 2. The molecule has 0 aliphatic carbocycles. The first-order valence-corrected chi connectivity index (χ1v) is 8.63. The van der Waals surface area contributed by atoms with Gasteiger partial charge < -0.3 is 15.5 Å². The van der Waals surface area contributed by atoms with E-state index in [1.807, 2.05) is 24.3 Å². The van der Waals surface area contributed by atoms with Gasteiger partial charge in [-0.2, -0.15) is 0 Å². The van der Waals surface area contributed by atoms with Crippen LogP contribution in [-0.4, -0.2) is 36.0 Å². The molecule has 5 rings (SSSR count). The summed E-state index contributed by atoms with van der Waals surface area (Å²) in [5.74, 6) is 1.41. The lowest BCUT2D eigenvalue weighted by Crippen LogP contribution is -2.62. The topological polar surface area (TPSA) is 71.5 Å². The molecule has 2 bridgehead atoms. The van der Waals surface area contributed by atoms with E-state index in [-0.39, 0.29) is 11.9 Å². The lowest BCUT2D eigenvalue weighted by Gasteiger charge is -2.49. The number of para-hydroxylation sites is 1. The summed E-state index contributed by atoms with van der Waals surface area (Å²) in [6, 6.07) is 11.6. The van der Waals surface area contributed by atoms with Crippen LogP contribution in [0, 0.1) is 5.92 Å². The molecule has 0 radical (unpaired) electrons. The van der Waals surface area contributed by atoms with Crippen molar-refractivity contribution in [3.63, 3.8) is 0 Å². The van der Waals surface area contributed by atoms with Crippen molar-refractivity contribution in [3.05, 3.63) is 42.2 Å². The minimum atomic E-state index is -0.138. The van der Waals surface area contributed by atoms with Crippen molar-refractivity contribution >= 4 is 11.6 Å². The SMILES string of the molecule is CC1C(NC(=O)c2ccc(-c3ccccc3N)o2)C2CCN1CC2. The maximum Gasteiger partial charge on any atom is 0.287 e. The highest BCUT2D eigenvalue weighted by Crippen LogP contribution is 2.32. The van der Waals surface area contributed by atoms with Gasteiger partial charge in [0.1, 0.15) is 5.76 Å². The summed E-state index contributed by atoms with van der Waals surface area (Å²) in [5, 5.41) is 3.19. The third-order valence-electron chi connectivity index (χ3n) is 5.53. The van der Waals surface area contributed by atoms with Gasteiger partial charge in [-0.25, -0.2) is 0 Å². The Morgan fingerprint density at radius 3 is 2.67 bits per heavy atom. The van der Waals surface area contributed by atoms with Crippen LogP contribution in [0.1, 0.15) is 30.3 Å².